The molecule has 0 bridgehead atoms. The summed E-state index contributed by atoms with van der Waals surface area (Å²) in [6, 6.07) is 8.08. The maximum absolute atomic E-state index is 5.46. The fourth-order valence-corrected chi connectivity index (χ4v) is 3.56. The topological polar surface area (TPSA) is 21.3 Å². The second kappa shape index (κ2) is 5.64. The summed E-state index contributed by atoms with van der Waals surface area (Å²) in [5.74, 6) is 0.780. The Balaban J connectivity index is 1.66. The quantitative estimate of drug-likeness (QED) is 0.898. The van der Waals surface area contributed by atoms with E-state index in [9.17, 15) is 0 Å². The smallest absolute Gasteiger partial charge is 0.0469 e. The summed E-state index contributed by atoms with van der Waals surface area (Å²) < 4.78 is 5.46. The Morgan fingerprint density at radius 3 is 2.79 bits per heavy atom. The van der Waals surface area contributed by atoms with Crippen LogP contribution in [0, 0.1) is 12.8 Å². The van der Waals surface area contributed by atoms with Gasteiger partial charge in [-0.15, -0.1) is 0 Å². The molecule has 1 heterocycles. The van der Waals surface area contributed by atoms with Crippen LogP contribution in [-0.4, -0.2) is 19.3 Å². The number of nitrogens with one attached hydrogen (secondary N) is 1. The minimum Gasteiger partial charge on any atom is -0.381 e. The monoisotopic (exact) mass is 259 g/mol. The molecule has 1 fully saturated rings. The minimum absolute atomic E-state index is 0.563. The first-order valence-corrected chi connectivity index (χ1v) is 7.67. The van der Waals surface area contributed by atoms with Crippen molar-refractivity contribution in [2.75, 3.05) is 13.2 Å². The summed E-state index contributed by atoms with van der Waals surface area (Å²) in [6.45, 7) is 6.43. The van der Waals surface area contributed by atoms with Crippen LogP contribution < -0.4 is 5.32 Å². The van der Waals surface area contributed by atoms with Gasteiger partial charge >= 0.3 is 0 Å². The minimum atomic E-state index is 0.563. The van der Waals surface area contributed by atoms with Crippen LogP contribution in [-0.2, 0) is 11.2 Å². The third-order valence-electron chi connectivity index (χ3n) is 4.82. The molecule has 0 aromatic heterocycles. The molecular formula is C17H25NO. The summed E-state index contributed by atoms with van der Waals surface area (Å²) in [6.07, 6.45) is 4.91. The van der Waals surface area contributed by atoms with Gasteiger partial charge in [0, 0.05) is 25.3 Å². The summed E-state index contributed by atoms with van der Waals surface area (Å²) in [5, 5.41) is 3.88. The molecule has 2 atom stereocenters. The maximum atomic E-state index is 5.46. The van der Waals surface area contributed by atoms with Gasteiger partial charge in [-0.25, -0.2) is 0 Å². The number of hydrogen-bond donors (Lipinski definition) is 1. The van der Waals surface area contributed by atoms with Crippen molar-refractivity contribution >= 4 is 0 Å². The van der Waals surface area contributed by atoms with Crippen LogP contribution >= 0.6 is 0 Å². The molecule has 19 heavy (non-hydrogen) atoms. The van der Waals surface area contributed by atoms with Gasteiger partial charge in [-0.1, -0.05) is 23.8 Å². The fourth-order valence-electron chi connectivity index (χ4n) is 3.56. The molecule has 0 amide bonds. The number of ether oxygens (including phenoxy) is 1. The SMILES string of the molecule is Cc1ccc2c(c1)C(NC(C)C1CCOCC1)CC2. The average Bonchev–Trinajstić information content (AvgIpc) is 2.82. The molecule has 2 aliphatic rings. The highest BCUT2D eigenvalue weighted by Gasteiger charge is 2.27. The van der Waals surface area contributed by atoms with Gasteiger partial charge in [-0.2, -0.15) is 0 Å². The molecule has 1 saturated heterocycles. The molecule has 1 aliphatic carbocycles. The Kier molecular flexibility index (Phi) is 3.90. The molecule has 1 aromatic rings. The van der Waals surface area contributed by atoms with Gasteiger partial charge in [0.05, 0.1) is 0 Å². The summed E-state index contributed by atoms with van der Waals surface area (Å²) in [4.78, 5) is 0. The summed E-state index contributed by atoms with van der Waals surface area (Å²) in [7, 11) is 0. The maximum Gasteiger partial charge on any atom is 0.0469 e. The van der Waals surface area contributed by atoms with E-state index in [0.29, 0.717) is 12.1 Å². The lowest BCUT2D eigenvalue weighted by molar-refractivity contribution is 0.0544. The lowest BCUT2D eigenvalue weighted by Gasteiger charge is -2.31. The standard InChI is InChI=1S/C17H25NO/c1-12-3-4-15-5-6-17(16(15)11-12)18-13(2)14-7-9-19-10-8-14/h3-4,11,13-14,17-18H,5-10H2,1-2H3. The predicted octanol–water partition coefficient (Wildman–Crippen LogP) is 3.39. The van der Waals surface area contributed by atoms with Crippen LogP contribution in [0.3, 0.4) is 0 Å². The van der Waals surface area contributed by atoms with Crippen molar-refractivity contribution < 1.29 is 4.74 Å². The highest BCUT2D eigenvalue weighted by atomic mass is 16.5. The van der Waals surface area contributed by atoms with Crippen LogP contribution in [0.15, 0.2) is 18.2 Å². The largest absolute Gasteiger partial charge is 0.381 e. The van der Waals surface area contributed by atoms with E-state index in [1.807, 2.05) is 0 Å². The first kappa shape index (κ1) is 13.1. The van der Waals surface area contributed by atoms with E-state index in [1.54, 1.807) is 11.1 Å². The Hall–Kier alpha value is -0.860. The zero-order chi connectivity index (χ0) is 13.2. The highest BCUT2D eigenvalue weighted by Crippen LogP contribution is 2.33. The molecule has 1 aromatic carbocycles. The average molecular weight is 259 g/mol. The molecule has 104 valence electrons. The molecule has 2 unspecified atom stereocenters. The van der Waals surface area contributed by atoms with Crippen molar-refractivity contribution in [1.29, 1.82) is 0 Å². The van der Waals surface area contributed by atoms with Crippen molar-refractivity contribution in [1.82, 2.24) is 5.32 Å². The zero-order valence-corrected chi connectivity index (χ0v) is 12.1. The normalized spacial score (nSPS) is 25.3. The molecule has 1 aliphatic heterocycles. The molecule has 2 nitrogen and oxygen atoms in total. The Morgan fingerprint density at radius 2 is 2.00 bits per heavy atom. The first-order valence-electron chi connectivity index (χ1n) is 7.67. The summed E-state index contributed by atoms with van der Waals surface area (Å²) in [5.41, 5.74) is 4.47. The Labute approximate surface area is 116 Å². The van der Waals surface area contributed by atoms with Crippen LogP contribution in [0.1, 0.15) is 48.9 Å². The zero-order valence-electron chi connectivity index (χ0n) is 12.1. The van der Waals surface area contributed by atoms with Crippen LogP contribution in [0.4, 0.5) is 0 Å². The number of benzene rings is 1. The number of fused-ring (bicyclic) bond motifs is 1. The van der Waals surface area contributed by atoms with E-state index < -0.39 is 0 Å². The third kappa shape index (κ3) is 2.85. The van der Waals surface area contributed by atoms with Crippen molar-refractivity contribution in [3.63, 3.8) is 0 Å². The van der Waals surface area contributed by atoms with Gasteiger partial charge in [0.15, 0.2) is 0 Å². The van der Waals surface area contributed by atoms with E-state index in [1.165, 1.54) is 31.2 Å². The molecule has 0 radical (unpaired) electrons. The highest BCUT2D eigenvalue weighted by molar-refractivity contribution is 5.37. The lowest BCUT2D eigenvalue weighted by Crippen LogP contribution is -2.38. The van der Waals surface area contributed by atoms with E-state index in [2.05, 4.69) is 37.4 Å². The van der Waals surface area contributed by atoms with Crippen molar-refractivity contribution in [3.05, 3.63) is 34.9 Å². The van der Waals surface area contributed by atoms with E-state index in [4.69, 9.17) is 4.74 Å². The van der Waals surface area contributed by atoms with Crippen LogP contribution in [0.25, 0.3) is 0 Å². The van der Waals surface area contributed by atoms with E-state index in [0.717, 1.165) is 19.1 Å². The van der Waals surface area contributed by atoms with Gasteiger partial charge < -0.3 is 10.1 Å². The van der Waals surface area contributed by atoms with Gasteiger partial charge in [-0.3, -0.25) is 0 Å². The van der Waals surface area contributed by atoms with Gasteiger partial charge in [0.25, 0.3) is 0 Å². The number of aryl methyl sites for hydroxylation is 2. The molecular weight excluding hydrogens is 234 g/mol. The second-order valence-electron chi connectivity index (χ2n) is 6.20. The second-order valence-corrected chi connectivity index (χ2v) is 6.20. The molecule has 0 spiro atoms. The van der Waals surface area contributed by atoms with Crippen molar-refractivity contribution in [3.8, 4) is 0 Å². The first-order chi connectivity index (χ1) is 9.24. The molecule has 2 heteroatoms. The van der Waals surface area contributed by atoms with Crippen molar-refractivity contribution in [2.24, 2.45) is 5.92 Å². The Bertz CT molecular complexity index is 437. The van der Waals surface area contributed by atoms with Crippen molar-refractivity contribution in [2.45, 2.75) is 51.6 Å². The van der Waals surface area contributed by atoms with E-state index in [-0.39, 0.29) is 0 Å². The van der Waals surface area contributed by atoms with Gasteiger partial charge in [-0.05, 0) is 56.6 Å². The fraction of sp³-hybridized carbons (Fsp3) is 0.647. The van der Waals surface area contributed by atoms with Crippen LogP contribution in [0.2, 0.25) is 0 Å². The predicted molar refractivity (Wildman–Crippen MR) is 78.4 cm³/mol. The number of hydrogen-bond acceptors (Lipinski definition) is 2. The van der Waals surface area contributed by atoms with E-state index >= 15 is 0 Å². The lowest BCUT2D eigenvalue weighted by atomic mass is 9.92. The molecule has 1 N–H and O–H groups in total. The molecule has 0 saturated carbocycles. The van der Waals surface area contributed by atoms with Gasteiger partial charge in [0.2, 0.25) is 0 Å². The summed E-state index contributed by atoms with van der Waals surface area (Å²) >= 11 is 0. The molecule has 3 rings (SSSR count). The van der Waals surface area contributed by atoms with Gasteiger partial charge in [0.1, 0.15) is 0 Å². The third-order valence-corrected chi connectivity index (χ3v) is 4.82. The van der Waals surface area contributed by atoms with Crippen LogP contribution in [0.5, 0.6) is 0 Å². The Morgan fingerprint density at radius 1 is 1.21 bits per heavy atom. The number of rotatable bonds is 3.